The van der Waals surface area contributed by atoms with E-state index in [1.165, 1.54) is 32.4 Å². The van der Waals surface area contributed by atoms with Crippen molar-refractivity contribution < 1.29 is 0 Å². The van der Waals surface area contributed by atoms with E-state index in [4.69, 9.17) is 5.73 Å². The zero-order valence-corrected chi connectivity index (χ0v) is 6.84. The first-order valence-electron chi connectivity index (χ1n) is 4.32. The molecule has 1 heterocycles. The zero-order chi connectivity index (χ0) is 7.40. The number of hydrogen-bond acceptors (Lipinski definition) is 2. The molecule has 0 amide bonds. The van der Waals surface area contributed by atoms with Gasteiger partial charge < -0.3 is 5.73 Å². The van der Waals surface area contributed by atoms with Gasteiger partial charge in [-0.05, 0) is 32.4 Å². The Morgan fingerprint density at radius 1 is 1.40 bits per heavy atom. The first-order valence-corrected chi connectivity index (χ1v) is 4.32. The van der Waals surface area contributed by atoms with Crippen LogP contribution in [-0.2, 0) is 0 Å². The average Bonchev–Trinajstić information content (AvgIpc) is 2.43. The summed E-state index contributed by atoms with van der Waals surface area (Å²) >= 11 is 0. The predicted octanol–water partition coefficient (Wildman–Crippen LogP) is 0.819. The summed E-state index contributed by atoms with van der Waals surface area (Å²) in [6.45, 7) is 5.60. The lowest BCUT2D eigenvalue weighted by Gasteiger charge is -2.24. The molecule has 0 saturated carbocycles. The van der Waals surface area contributed by atoms with Crippen LogP contribution in [0.15, 0.2) is 0 Å². The fourth-order valence-electron chi connectivity index (χ4n) is 1.68. The van der Waals surface area contributed by atoms with Crippen LogP contribution in [0, 0.1) is 0 Å². The molecule has 60 valence electrons. The minimum absolute atomic E-state index is 0.655. The molecular formula is C8H18N2. The van der Waals surface area contributed by atoms with Crippen molar-refractivity contribution in [2.45, 2.75) is 32.2 Å². The second-order valence-corrected chi connectivity index (χ2v) is 3.04. The Morgan fingerprint density at radius 2 is 2.00 bits per heavy atom. The summed E-state index contributed by atoms with van der Waals surface area (Å²) in [7, 11) is 0. The molecule has 1 fully saturated rings. The van der Waals surface area contributed by atoms with Gasteiger partial charge in [0.25, 0.3) is 0 Å². The molecule has 0 aliphatic carbocycles. The van der Waals surface area contributed by atoms with Crippen molar-refractivity contribution in [1.29, 1.82) is 0 Å². The molecule has 0 aromatic carbocycles. The third-order valence-corrected chi connectivity index (χ3v) is 2.40. The van der Waals surface area contributed by atoms with Gasteiger partial charge in [-0.25, -0.2) is 0 Å². The summed E-state index contributed by atoms with van der Waals surface area (Å²) in [5.41, 5.74) is 5.62. The van der Waals surface area contributed by atoms with E-state index in [0.717, 1.165) is 6.54 Å². The lowest BCUT2D eigenvalue weighted by Crippen LogP contribution is -2.37. The molecular weight excluding hydrogens is 124 g/mol. The van der Waals surface area contributed by atoms with Crippen LogP contribution in [0.5, 0.6) is 0 Å². The van der Waals surface area contributed by atoms with Gasteiger partial charge in [0.15, 0.2) is 0 Å². The smallest absolute Gasteiger partial charge is 0.0215 e. The highest BCUT2D eigenvalue weighted by Crippen LogP contribution is 2.12. The molecule has 1 aliphatic heterocycles. The average molecular weight is 142 g/mol. The van der Waals surface area contributed by atoms with Crippen LogP contribution in [0.1, 0.15) is 26.2 Å². The number of hydrogen-bond donors (Lipinski definition) is 1. The van der Waals surface area contributed by atoms with Gasteiger partial charge in [0.1, 0.15) is 0 Å². The van der Waals surface area contributed by atoms with Crippen molar-refractivity contribution in [3.63, 3.8) is 0 Å². The van der Waals surface area contributed by atoms with E-state index in [1.807, 2.05) is 0 Å². The maximum Gasteiger partial charge on any atom is 0.0215 e. The van der Waals surface area contributed by atoms with Crippen molar-refractivity contribution in [1.82, 2.24) is 4.90 Å². The number of nitrogens with two attached hydrogens (primary N) is 1. The molecule has 0 radical (unpaired) electrons. The predicted molar refractivity (Wildman–Crippen MR) is 43.9 cm³/mol. The third-order valence-electron chi connectivity index (χ3n) is 2.40. The van der Waals surface area contributed by atoms with Crippen LogP contribution in [0.2, 0.25) is 0 Å². The first kappa shape index (κ1) is 8.02. The molecule has 1 unspecified atom stereocenters. The lowest BCUT2D eigenvalue weighted by molar-refractivity contribution is 0.242. The minimum Gasteiger partial charge on any atom is -0.329 e. The van der Waals surface area contributed by atoms with Gasteiger partial charge in [0, 0.05) is 12.6 Å². The Balaban J connectivity index is 2.29. The number of nitrogens with zero attached hydrogens (tertiary/aromatic N) is 1. The summed E-state index contributed by atoms with van der Waals surface area (Å²) in [5.74, 6) is 0. The zero-order valence-electron chi connectivity index (χ0n) is 6.84. The van der Waals surface area contributed by atoms with Gasteiger partial charge in [-0.2, -0.15) is 0 Å². The second kappa shape index (κ2) is 3.94. The Labute approximate surface area is 63.4 Å². The van der Waals surface area contributed by atoms with Crippen molar-refractivity contribution in [2.75, 3.05) is 19.6 Å². The van der Waals surface area contributed by atoms with Gasteiger partial charge in [-0.3, -0.25) is 4.90 Å². The summed E-state index contributed by atoms with van der Waals surface area (Å²) < 4.78 is 0. The topological polar surface area (TPSA) is 29.3 Å². The van der Waals surface area contributed by atoms with Crippen molar-refractivity contribution >= 4 is 0 Å². The molecule has 1 rings (SSSR count). The van der Waals surface area contributed by atoms with Crippen LogP contribution >= 0.6 is 0 Å². The third kappa shape index (κ3) is 1.70. The van der Waals surface area contributed by atoms with E-state index < -0.39 is 0 Å². The van der Waals surface area contributed by atoms with E-state index in [-0.39, 0.29) is 0 Å². The summed E-state index contributed by atoms with van der Waals surface area (Å²) in [6, 6.07) is 0.655. The molecule has 0 spiro atoms. The first-order chi connectivity index (χ1) is 4.88. The fourth-order valence-corrected chi connectivity index (χ4v) is 1.68. The van der Waals surface area contributed by atoms with E-state index in [1.54, 1.807) is 0 Å². The second-order valence-electron chi connectivity index (χ2n) is 3.04. The largest absolute Gasteiger partial charge is 0.329 e. The molecule has 1 atom stereocenters. The number of likely N-dealkylation sites (tertiary alicyclic amines) is 1. The summed E-state index contributed by atoms with van der Waals surface area (Å²) in [6.07, 6.45) is 3.95. The Kier molecular flexibility index (Phi) is 3.16. The highest BCUT2D eigenvalue weighted by molar-refractivity contribution is 4.75. The standard InChI is InChI=1S/C8H18N2/c1-2-8(7-9)10-5-3-4-6-10/h8H,2-7,9H2,1H3. The van der Waals surface area contributed by atoms with Gasteiger partial charge in [0.05, 0.1) is 0 Å². The van der Waals surface area contributed by atoms with E-state index >= 15 is 0 Å². The quantitative estimate of drug-likeness (QED) is 0.632. The Bertz CT molecular complexity index is 83.3. The van der Waals surface area contributed by atoms with Crippen molar-refractivity contribution in [3.05, 3.63) is 0 Å². The van der Waals surface area contributed by atoms with Crippen LogP contribution < -0.4 is 5.73 Å². The van der Waals surface area contributed by atoms with Gasteiger partial charge in [0.2, 0.25) is 0 Å². The summed E-state index contributed by atoms with van der Waals surface area (Å²) in [5, 5.41) is 0. The normalized spacial score (nSPS) is 23.4. The Hall–Kier alpha value is -0.0800. The van der Waals surface area contributed by atoms with Gasteiger partial charge in [-0.1, -0.05) is 6.92 Å². The molecule has 1 saturated heterocycles. The maximum absolute atomic E-state index is 5.62. The molecule has 0 aromatic heterocycles. The minimum atomic E-state index is 0.655. The van der Waals surface area contributed by atoms with E-state index in [9.17, 15) is 0 Å². The van der Waals surface area contributed by atoms with Crippen molar-refractivity contribution in [2.24, 2.45) is 5.73 Å². The van der Waals surface area contributed by atoms with E-state index in [0.29, 0.717) is 6.04 Å². The van der Waals surface area contributed by atoms with Crippen LogP contribution in [0.25, 0.3) is 0 Å². The summed E-state index contributed by atoms with van der Waals surface area (Å²) in [4.78, 5) is 2.51. The monoisotopic (exact) mass is 142 g/mol. The molecule has 0 aromatic rings. The molecule has 2 heteroatoms. The molecule has 2 nitrogen and oxygen atoms in total. The highest BCUT2D eigenvalue weighted by atomic mass is 15.2. The molecule has 2 N–H and O–H groups in total. The lowest BCUT2D eigenvalue weighted by atomic mass is 10.2. The van der Waals surface area contributed by atoms with Crippen LogP contribution in [-0.4, -0.2) is 30.6 Å². The molecule has 1 aliphatic rings. The SMILES string of the molecule is CCC(CN)N1CCCC1. The van der Waals surface area contributed by atoms with Crippen LogP contribution in [0.4, 0.5) is 0 Å². The van der Waals surface area contributed by atoms with Gasteiger partial charge in [-0.15, -0.1) is 0 Å². The molecule has 10 heavy (non-hydrogen) atoms. The van der Waals surface area contributed by atoms with Crippen LogP contribution in [0.3, 0.4) is 0 Å². The van der Waals surface area contributed by atoms with E-state index in [2.05, 4.69) is 11.8 Å². The Morgan fingerprint density at radius 3 is 2.40 bits per heavy atom. The van der Waals surface area contributed by atoms with Crippen molar-refractivity contribution in [3.8, 4) is 0 Å². The fraction of sp³-hybridized carbons (Fsp3) is 1.00. The number of rotatable bonds is 3. The molecule has 0 bridgehead atoms. The highest BCUT2D eigenvalue weighted by Gasteiger charge is 2.18. The maximum atomic E-state index is 5.62. The van der Waals surface area contributed by atoms with Gasteiger partial charge >= 0.3 is 0 Å².